The molecule has 0 radical (unpaired) electrons. The zero-order valence-electron chi connectivity index (χ0n) is 15.7. The van der Waals surface area contributed by atoms with Crippen molar-refractivity contribution < 1.29 is 9.18 Å². The lowest BCUT2D eigenvalue weighted by Gasteiger charge is -2.02. The van der Waals surface area contributed by atoms with Gasteiger partial charge in [-0.3, -0.25) is 14.2 Å². The number of hydrogen-bond acceptors (Lipinski definition) is 3. The lowest BCUT2D eigenvalue weighted by atomic mass is 10.1. The summed E-state index contributed by atoms with van der Waals surface area (Å²) in [6.45, 7) is 0. The highest BCUT2D eigenvalue weighted by Crippen LogP contribution is 2.24. The van der Waals surface area contributed by atoms with Crippen LogP contribution in [0.15, 0.2) is 60.7 Å². The van der Waals surface area contributed by atoms with Crippen molar-refractivity contribution in [2.45, 2.75) is 0 Å². The van der Waals surface area contributed by atoms with Gasteiger partial charge in [0.2, 0.25) is 0 Å². The number of anilines is 1. The lowest BCUT2D eigenvalue weighted by Crippen LogP contribution is -2.15. The third-order valence-electron chi connectivity index (χ3n) is 4.51. The fraction of sp³-hybridized carbons (Fsp3) is 0.0952. The number of aromatic nitrogens is 4. The molecule has 1 amide bonds. The predicted molar refractivity (Wildman–Crippen MR) is 110 cm³/mol. The van der Waals surface area contributed by atoms with Gasteiger partial charge >= 0.3 is 0 Å². The highest BCUT2D eigenvalue weighted by atomic mass is 35.5. The van der Waals surface area contributed by atoms with Gasteiger partial charge in [-0.15, -0.1) is 0 Å². The summed E-state index contributed by atoms with van der Waals surface area (Å²) >= 11 is 5.94. The van der Waals surface area contributed by atoms with E-state index < -0.39 is 0 Å². The quantitative estimate of drug-likeness (QED) is 0.538. The summed E-state index contributed by atoms with van der Waals surface area (Å²) in [6.07, 6.45) is 0. The number of carbonyl (C=O) groups excluding carboxylic acids is 1. The van der Waals surface area contributed by atoms with E-state index >= 15 is 0 Å². The Morgan fingerprint density at radius 1 is 0.931 bits per heavy atom. The first kappa shape index (κ1) is 18.9. The van der Waals surface area contributed by atoms with Crippen LogP contribution in [-0.4, -0.2) is 25.5 Å². The van der Waals surface area contributed by atoms with E-state index in [-0.39, 0.29) is 17.4 Å². The fourth-order valence-corrected chi connectivity index (χ4v) is 3.12. The van der Waals surface area contributed by atoms with E-state index in [1.807, 2.05) is 12.1 Å². The van der Waals surface area contributed by atoms with Crippen LogP contribution < -0.4 is 5.32 Å². The number of nitrogens with zero attached hydrogens (tertiary/aromatic N) is 4. The molecular formula is C21H17ClFN5O. The molecule has 0 saturated heterocycles. The molecule has 2 heterocycles. The third kappa shape index (κ3) is 3.90. The Kier molecular flexibility index (Phi) is 4.90. The van der Waals surface area contributed by atoms with Crippen LogP contribution in [0.1, 0.15) is 10.5 Å². The first-order valence-electron chi connectivity index (χ1n) is 8.82. The molecule has 0 aliphatic rings. The van der Waals surface area contributed by atoms with Gasteiger partial charge < -0.3 is 5.32 Å². The Hall–Kier alpha value is -3.45. The average Bonchev–Trinajstić information content (AvgIpc) is 3.26. The molecule has 2 aromatic heterocycles. The van der Waals surface area contributed by atoms with Crippen LogP contribution in [0.2, 0.25) is 5.02 Å². The van der Waals surface area contributed by atoms with Gasteiger partial charge in [-0.1, -0.05) is 23.7 Å². The maximum absolute atomic E-state index is 13.1. The van der Waals surface area contributed by atoms with Crippen LogP contribution in [0.4, 0.5) is 10.2 Å². The van der Waals surface area contributed by atoms with E-state index in [1.54, 1.807) is 59.9 Å². The van der Waals surface area contributed by atoms with Crippen molar-refractivity contribution in [1.29, 1.82) is 0 Å². The summed E-state index contributed by atoms with van der Waals surface area (Å²) in [5.41, 5.74) is 3.37. The van der Waals surface area contributed by atoms with Gasteiger partial charge in [-0.25, -0.2) is 4.39 Å². The van der Waals surface area contributed by atoms with Crippen molar-refractivity contribution in [2.24, 2.45) is 14.1 Å². The molecule has 1 N–H and O–H groups in total. The monoisotopic (exact) mass is 409 g/mol. The van der Waals surface area contributed by atoms with Crippen molar-refractivity contribution in [1.82, 2.24) is 19.6 Å². The van der Waals surface area contributed by atoms with Crippen LogP contribution in [0.3, 0.4) is 0 Å². The molecule has 0 spiro atoms. The summed E-state index contributed by atoms with van der Waals surface area (Å²) in [7, 11) is 3.50. The minimum absolute atomic E-state index is 0.280. The van der Waals surface area contributed by atoms with Gasteiger partial charge in [0.15, 0.2) is 5.69 Å². The average molecular weight is 410 g/mol. The SMILES string of the molecule is Cn1nc(-c2ccc(F)cc2)cc1NC(=O)c1cc(-c2ccc(Cl)cc2)n(C)n1. The van der Waals surface area contributed by atoms with Crippen LogP contribution in [0.5, 0.6) is 0 Å². The highest BCUT2D eigenvalue weighted by Gasteiger charge is 2.16. The van der Waals surface area contributed by atoms with Gasteiger partial charge in [-0.05, 0) is 48.0 Å². The second-order valence-corrected chi connectivity index (χ2v) is 6.98. The Morgan fingerprint density at radius 3 is 2.28 bits per heavy atom. The third-order valence-corrected chi connectivity index (χ3v) is 4.77. The summed E-state index contributed by atoms with van der Waals surface area (Å²) in [4.78, 5) is 12.7. The van der Waals surface area contributed by atoms with Crippen LogP contribution >= 0.6 is 11.6 Å². The predicted octanol–water partition coefficient (Wildman–Crippen LogP) is 4.53. The topological polar surface area (TPSA) is 64.7 Å². The maximum Gasteiger partial charge on any atom is 0.277 e. The number of amides is 1. The molecule has 2 aromatic carbocycles. The number of hydrogen-bond donors (Lipinski definition) is 1. The summed E-state index contributed by atoms with van der Waals surface area (Å²) < 4.78 is 16.3. The Labute approximate surface area is 171 Å². The molecule has 0 unspecified atom stereocenters. The molecule has 4 rings (SSSR count). The van der Waals surface area contributed by atoms with Crippen molar-refractivity contribution in [2.75, 3.05) is 5.32 Å². The summed E-state index contributed by atoms with van der Waals surface area (Å²) in [5.74, 6) is -0.160. The minimum atomic E-state index is -0.352. The van der Waals surface area contributed by atoms with E-state index in [0.717, 1.165) is 16.8 Å². The zero-order chi connectivity index (χ0) is 20.5. The van der Waals surface area contributed by atoms with E-state index in [2.05, 4.69) is 15.5 Å². The molecule has 0 bridgehead atoms. The molecule has 29 heavy (non-hydrogen) atoms. The van der Waals surface area contributed by atoms with Crippen LogP contribution in [0.25, 0.3) is 22.5 Å². The molecule has 0 aliphatic heterocycles. The molecule has 4 aromatic rings. The number of nitrogens with one attached hydrogen (secondary N) is 1. The highest BCUT2D eigenvalue weighted by molar-refractivity contribution is 6.30. The molecule has 0 atom stereocenters. The van der Waals surface area contributed by atoms with E-state index in [0.29, 0.717) is 16.5 Å². The second kappa shape index (κ2) is 7.52. The fourth-order valence-electron chi connectivity index (χ4n) is 3.00. The molecular weight excluding hydrogens is 393 g/mol. The second-order valence-electron chi connectivity index (χ2n) is 6.54. The van der Waals surface area contributed by atoms with Crippen molar-refractivity contribution in [3.63, 3.8) is 0 Å². The van der Waals surface area contributed by atoms with Gasteiger partial charge in [0.1, 0.15) is 11.6 Å². The maximum atomic E-state index is 13.1. The summed E-state index contributed by atoms with van der Waals surface area (Å²) in [5, 5.41) is 12.1. The standard InChI is InChI=1S/C21H17ClFN5O/c1-27-19(14-3-7-15(22)8-4-14)11-18(26-27)21(29)24-20-12-17(25-28(20)2)13-5-9-16(23)10-6-13/h3-12H,1-2H3,(H,24,29). The molecule has 0 aliphatic carbocycles. The Balaban J connectivity index is 1.56. The van der Waals surface area contributed by atoms with Crippen LogP contribution in [0, 0.1) is 5.82 Å². The number of carbonyl (C=O) groups is 1. The Morgan fingerprint density at radius 2 is 1.59 bits per heavy atom. The first-order chi connectivity index (χ1) is 13.9. The van der Waals surface area contributed by atoms with E-state index in [4.69, 9.17) is 11.6 Å². The van der Waals surface area contributed by atoms with Crippen molar-refractivity contribution in [3.8, 4) is 22.5 Å². The van der Waals surface area contributed by atoms with Gasteiger partial charge in [0, 0.05) is 30.7 Å². The van der Waals surface area contributed by atoms with E-state index in [9.17, 15) is 9.18 Å². The molecule has 0 saturated carbocycles. The van der Waals surface area contributed by atoms with Gasteiger partial charge in [0.25, 0.3) is 5.91 Å². The van der Waals surface area contributed by atoms with Crippen molar-refractivity contribution in [3.05, 3.63) is 77.2 Å². The smallest absolute Gasteiger partial charge is 0.277 e. The number of rotatable bonds is 4. The first-order valence-corrected chi connectivity index (χ1v) is 9.20. The largest absolute Gasteiger partial charge is 0.305 e. The number of halogens is 2. The number of benzene rings is 2. The minimum Gasteiger partial charge on any atom is -0.305 e. The molecule has 8 heteroatoms. The summed E-state index contributed by atoms with van der Waals surface area (Å²) in [6, 6.07) is 16.8. The molecule has 6 nitrogen and oxygen atoms in total. The lowest BCUT2D eigenvalue weighted by molar-refractivity contribution is 0.102. The van der Waals surface area contributed by atoms with Crippen LogP contribution in [-0.2, 0) is 14.1 Å². The normalized spacial score (nSPS) is 10.9. The molecule has 146 valence electrons. The van der Waals surface area contributed by atoms with Gasteiger partial charge in [-0.2, -0.15) is 10.2 Å². The van der Waals surface area contributed by atoms with Gasteiger partial charge in [0.05, 0.1) is 11.4 Å². The van der Waals surface area contributed by atoms with Crippen molar-refractivity contribution >= 4 is 23.3 Å². The van der Waals surface area contributed by atoms with E-state index in [1.165, 1.54) is 12.1 Å². The number of aryl methyl sites for hydroxylation is 2. The molecule has 0 fully saturated rings. The zero-order valence-corrected chi connectivity index (χ0v) is 16.5. The Bertz CT molecular complexity index is 1180.